The van der Waals surface area contributed by atoms with E-state index in [0.29, 0.717) is 11.5 Å². The van der Waals surface area contributed by atoms with Gasteiger partial charge in [0.05, 0.1) is 7.11 Å². The van der Waals surface area contributed by atoms with Crippen LogP contribution in [0.15, 0.2) is 48.5 Å². The number of carbonyl (C=O) groups excluding carboxylic acids is 1. The average molecular weight is 439 g/mol. The molecule has 2 aromatic carbocycles. The van der Waals surface area contributed by atoms with Crippen molar-refractivity contribution in [3.8, 4) is 11.5 Å². The van der Waals surface area contributed by atoms with Crippen molar-refractivity contribution in [2.24, 2.45) is 16.7 Å². The highest BCUT2D eigenvalue weighted by molar-refractivity contribution is 5.87. The standard InChI is InChI=1S/C27H31FO4/c1-26(2)20-12-13-27(26,3)23(16-20)32-24(29)11-10-19-14-21(28)25(22(15-19)30-4)31-17-18-8-6-5-7-9-18/h5-11,14-15,20,23H,12-13,16-17H2,1-4H3/b11-10+/t20-,23+,27+/m1/s1. The monoisotopic (exact) mass is 438 g/mol. The fourth-order valence-corrected chi connectivity index (χ4v) is 5.36. The Bertz CT molecular complexity index is 1010. The number of ether oxygens (including phenoxy) is 3. The highest BCUT2D eigenvalue weighted by Gasteiger charge is 2.62. The van der Waals surface area contributed by atoms with E-state index in [2.05, 4.69) is 20.8 Å². The third kappa shape index (κ3) is 4.01. The lowest BCUT2D eigenvalue weighted by Gasteiger charge is -2.38. The molecule has 170 valence electrons. The molecule has 4 nitrogen and oxygen atoms in total. The van der Waals surface area contributed by atoms with Gasteiger partial charge in [0.1, 0.15) is 12.7 Å². The van der Waals surface area contributed by atoms with Crippen LogP contribution in [0.5, 0.6) is 11.5 Å². The van der Waals surface area contributed by atoms with Crippen LogP contribution in [0, 0.1) is 22.6 Å². The number of rotatable bonds is 7. The topological polar surface area (TPSA) is 44.8 Å². The molecule has 0 saturated heterocycles. The minimum absolute atomic E-state index is 0.00817. The first-order chi connectivity index (χ1) is 15.2. The van der Waals surface area contributed by atoms with Gasteiger partial charge in [-0.05, 0) is 59.9 Å². The van der Waals surface area contributed by atoms with Crippen LogP contribution in [0.1, 0.15) is 51.2 Å². The molecule has 0 aromatic heterocycles. The molecule has 2 saturated carbocycles. The van der Waals surface area contributed by atoms with Gasteiger partial charge in [-0.2, -0.15) is 0 Å². The molecule has 0 N–H and O–H groups in total. The van der Waals surface area contributed by atoms with Crippen molar-refractivity contribution in [1.29, 1.82) is 0 Å². The van der Waals surface area contributed by atoms with Gasteiger partial charge in [0.2, 0.25) is 0 Å². The second-order valence-corrected chi connectivity index (χ2v) is 9.68. The summed E-state index contributed by atoms with van der Waals surface area (Å²) in [4.78, 5) is 12.5. The summed E-state index contributed by atoms with van der Waals surface area (Å²) in [5.41, 5.74) is 1.61. The Morgan fingerprint density at radius 1 is 1.19 bits per heavy atom. The quantitative estimate of drug-likeness (QED) is 0.382. The SMILES string of the molecule is COc1cc(/C=C/C(=O)O[C@H]2C[C@H]3CC[C@]2(C)C3(C)C)cc(F)c1OCc1ccccc1. The fourth-order valence-electron chi connectivity index (χ4n) is 5.36. The maximum absolute atomic E-state index is 14.7. The highest BCUT2D eigenvalue weighted by Crippen LogP contribution is 2.66. The lowest BCUT2D eigenvalue weighted by molar-refractivity contribution is -0.150. The number of benzene rings is 2. The Hall–Kier alpha value is -2.82. The van der Waals surface area contributed by atoms with Crippen molar-refractivity contribution in [3.63, 3.8) is 0 Å². The first-order valence-corrected chi connectivity index (χ1v) is 11.2. The van der Waals surface area contributed by atoms with E-state index in [0.717, 1.165) is 18.4 Å². The van der Waals surface area contributed by atoms with Gasteiger partial charge in [0.25, 0.3) is 0 Å². The summed E-state index contributed by atoms with van der Waals surface area (Å²) in [6.07, 6.45) is 6.04. The zero-order chi connectivity index (χ0) is 22.9. The molecule has 2 bridgehead atoms. The number of hydrogen-bond donors (Lipinski definition) is 0. The zero-order valence-electron chi connectivity index (χ0n) is 19.2. The van der Waals surface area contributed by atoms with Gasteiger partial charge >= 0.3 is 5.97 Å². The van der Waals surface area contributed by atoms with Gasteiger partial charge in [0.15, 0.2) is 17.3 Å². The first kappa shape index (κ1) is 22.4. The second-order valence-electron chi connectivity index (χ2n) is 9.68. The Balaban J connectivity index is 1.42. The van der Waals surface area contributed by atoms with E-state index in [-0.39, 0.29) is 35.0 Å². The Kier molecular flexibility index (Phi) is 6.02. The van der Waals surface area contributed by atoms with Crippen LogP contribution in [-0.4, -0.2) is 19.2 Å². The number of hydrogen-bond acceptors (Lipinski definition) is 4. The minimum atomic E-state index is -0.546. The van der Waals surface area contributed by atoms with Crippen LogP contribution < -0.4 is 9.47 Å². The minimum Gasteiger partial charge on any atom is -0.493 e. The number of methoxy groups -OCH3 is 1. The number of esters is 1. The van der Waals surface area contributed by atoms with Crippen molar-refractivity contribution in [2.75, 3.05) is 7.11 Å². The zero-order valence-corrected chi connectivity index (χ0v) is 19.2. The molecule has 0 aliphatic heterocycles. The Morgan fingerprint density at radius 2 is 1.94 bits per heavy atom. The highest BCUT2D eigenvalue weighted by atomic mass is 19.1. The Morgan fingerprint density at radius 3 is 2.56 bits per heavy atom. The first-order valence-electron chi connectivity index (χ1n) is 11.2. The van der Waals surface area contributed by atoms with Crippen molar-refractivity contribution in [2.45, 2.75) is 52.7 Å². The third-order valence-corrected chi connectivity index (χ3v) is 7.86. The largest absolute Gasteiger partial charge is 0.493 e. The number of fused-ring (bicyclic) bond motifs is 2. The molecular formula is C27H31FO4. The number of carbonyl (C=O) groups is 1. The van der Waals surface area contributed by atoms with Crippen LogP contribution in [0.3, 0.4) is 0 Å². The summed E-state index contributed by atoms with van der Waals surface area (Å²) < 4.78 is 31.5. The normalized spacial score (nSPS) is 25.8. The van der Waals surface area contributed by atoms with E-state index in [4.69, 9.17) is 14.2 Å². The molecule has 0 spiro atoms. The average Bonchev–Trinajstić information content (AvgIpc) is 3.11. The third-order valence-electron chi connectivity index (χ3n) is 7.86. The number of halogens is 1. The van der Waals surface area contributed by atoms with Gasteiger partial charge in [-0.15, -0.1) is 0 Å². The van der Waals surface area contributed by atoms with E-state index in [9.17, 15) is 9.18 Å². The van der Waals surface area contributed by atoms with Crippen LogP contribution in [0.25, 0.3) is 6.08 Å². The molecule has 4 rings (SSSR count). The maximum atomic E-state index is 14.7. The fraction of sp³-hybridized carbons (Fsp3) is 0.444. The Labute approximate surface area is 189 Å². The summed E-state index contributed by atoms with van der Waals surface area (Å²) in [6.45, 7) is 7.03. The van der Waals surface area contributed by atoms with Crippen LogP contribution in [-0.2, 0) is 16.1 Å². The van der Waals surface area contributed by atoms with Crippen LogP contribution in [0.2, 0.25) is 0 Å². The van der Waals surface area contributed by atoms with Crippen molar-refractivity contribution < 1.29 is 23.4 Å². The smallest absolute Gasteiger partial charge is 0.331 e. The van der Waals surface area contributed by atoms with E-state index in [1.165, 1.54) is 25.7 Å². The molecule has 0 unspecified atom stereocenters. The van der Waals surface area contributed by atoms with Crippen LogP contribution in [0.4, 0.5) is 4.39 Å². The van der Waals surface area contributed by atoms with Gasteiger partial charge in [0, 0.05) is 11.5 Å². The van der Waals surface area contributed by atoms with E-state index >= 15 is 0 Å². The molecule has 2 fully saturated rings. The summed E-state index contributed by atoms with van der Waals surface area (Å²) >= 11 is 0. The van der Waals surface area contributed by atoms with Gasteiger partial charge in [-0.3, -0.25) is 0 Å². The predicted molar refractivity (Wildman–Crippen MR) is 122 cm³/mol. The predicted octanol–water partition coefficient (Wildman–Crippen LogP) is 6.18. The van der Waals surface area contributed by atoms with Gasteiger partial charge in [-0.1, -0.05) is 51.1 Å². The molecule has 5 heteroatoms. The molecule has 32 heavy (non-hydrogen) atoms. The summed E-state index contributed by atoms with van der Waals surface area (Å²) in [7, 11) is 1.46. The van der Waals surface area contributed by atoms with E-state index in [1.54, 1.807) is 12.1 Å². The summed E-state index contributed by atoms with van der Waals surface area (Å²) in [6, 6.07) is 12.5. The van der Waals surface area contributed by atoms with Crippen molar-refractivity contribution in [1.82, 2.24) is 0 Å². The van der Waals surface area contributed by atoms with E-state index < -0.39 is 11.8 Å². The second kappa shape index (κ2) is 8.61. The molecule has 2 aliphatic carbocycles. The van der Waals surface area contributed by atoms with Crippen molar-refractivity contribution >= 4 is 12.0 Å². The molecule has 2 aliphatic rings. The molecule has 2 aromatic rings. The maximum Gasteiger partial charge on any atom is 0.331 e. The lowest BCUT2D eigenvalue weighted by atomic mass is 9.70. The summed E-state index contributed by atoms with van der Waals surface area (Å²) in [5, 5.41) is 0. The molecule has 0 heterocycles. The van der Waals surface area contributed by atoms with E-state index in [1.807, 2.05) is 30.3 Å². The van der Waals surface area contributed by atoms with Gasteiger partial charge in [-0.25, -0.2) is 9.18 Å². The molecular weight excluding hydrogens is 407 g/mol. The van der Waals surface area contributed by atoms with Crippen molar-refractivity contribution in [3.05, 3.63) is 65.5 Å². The summed E-state index contributed by atoms with van der Waals surface area (Å²) in [5.74, 6) is -0.0281. The molecule has 0 radical (unpaired) electrons. The van der Waals surface area contributed by atoms with Gasteiger partial charge < -0.3 is 14.2 Å². The lowest BCUT2D eigenvalue weighted by Crippen LogP contribution is -2.38. The molecule has 3 atom stereocenters. The van der Waals surface area contributed by atoms with Crippen LogP contribution >= 0.6 is 0 Å². The molecule has 0 amide bonds.